The van der Waals surface area contributed by atoms with Gasteiger partial charge in [-0.3, -0.25) is 9.59 Å². The van der Waals surface area contributed by atoms with Gasteiger partial charge in [-0.05, 0) is 18.1 Å². The van der Waals surface area contributed by atoms with Gasteiger partial charge in [0.25, 0.3) is 0 Å². The number of nitrogens with one attached hydrogen (secondary N) is 2. The average Bonchev–Trinajstić information content (AvgIpc) is 3.09. The van der Waals surface area contributed by atoms with Crippen LogP contribution in [0.1, 0.15) is 29.8 Å². The highest BCUT2D eigenvalue weighted by Crippen LogP contribution is 2.17. The van der Waals surface area contributed by atoms with Crippen molar-refractivity contribution in [1.82, 2.24) is 10.3 Å². The number of aromatic nitrogens is 1. The first-order valence-electron chi connectivity index (χ1n) is 8.72. The lowest BCUT2D eigenvalue weighted by Crippen LogP contribution is -2.28. The van der Waals surface area contributed by atoms with Gasteiger partial charge in [0, 0.05) is 5.38 Å². The number of hydrogen-bond donors (Lipinski definition) is 2. The molecule has 0 saturated heterocycles. The first kappa shape index (κ1) is 18.8. The molecule has 2 amide bonds. The zero-order valence-corrected chi connectivity index (χ0v) is 15.8. The zero-order chi connectivity index (χ0) is 19.1. The highest BCUT2D eigenvalue weighted by atomic mass is 32.1. The van der Waals surface area contributed by atoms with Crippen LogP contribution in [0.15, 0.2) is 66.0 Å². The molecule has 1 unspecified atom stereocenters. The van der Waals surface area contributed by atoms with Gasteiger partial charge in [0.15, 0.2) is 5.13 Å². The molecule has 0 aliphatic carbocycles. The first-order valence-corrected chi connectivity index (χ1v) is 9.60. The Balaban J connectivity index is 1.50. The number of benzene rings is 2. The molecule has 6 heteroatoms. The van der Waals surface area contributed by atoms with Gasteiger partial charge >= 0.3 is 0 Å². The molecule has 1 atom stereocenters. The summed E-state index contributed by atoms with van der Waals surface area (Å²) >= 11 is 1.32. The lowest BCUT2D eigenvalue weighted by Gasteiger charge is -2.13. The number of carbonyl (C=O) groups is 2. The molecule has 0 radical (unpaired) electrons. The maximum Gasteiger partial charge on any atom is 0.230 e. The second-order valence-electron chi connectivity index (χ2n) is 6.23. The van der Waals surface area contributed by atoms with E-state index in [9.17, 15) is 9.59 Å². The van der Waals surface area contributed by atoms with E-state index in [1.165, 1.54) is 11.3 Å². The Morgan fingerprint density at radius 1 is 0.963 bits per heavy atom. The minimum Gasteiger partial charge on any atom is -0.349 e. The van der Waals surface area contributed by atoms with E-state index in [4.69, 9.17) is 0 Å². The predicted molar refractivity (Wildman–Crippen MR) is 108 cm³/mol. The Morgan fingerprint density at radius 2 is 1.63 bits per heavy atom. The highest BCUT2D eigenvalue weighted by Gasteiger charge is 2.13. The molecule has 0 spiro atoms. The molecule has 3 aromatic rings. The van der Waals surface area contributed by atoms with E-state index < -0.39 is 0 Å². The van der Waals surface area contributed by atoms with Crippen LogP contribution >= 0.6 is 11.3 Å². The summed E-state index contributed by atoms with van der Waals surface area (Å²) in [5.74, 6) is -0.219. The quantitative estimate of drug-likeness (QED) is 0.657. The monoisotopic (exact) mass is 379 g/mol. The van der Waals surface area contributed by atoms with E-state index in [1.54, 1.807) is 5.38 Å². The van der Waals surface area contributed by atoms with Crippen LogP contribution in [0.5, 0.6) is 0 Å². The molecular weight excluding hydrogens is 358 g/mol. The van der Waals surface area contributed by atoms with Crippen molar-refractivity contribution in [3.8, 4) is 0 Å². The molecule has 1 aromatic heterocycles. The van der Waals surface area contributed by atoms with Crippen LogP contribution in [0.3, 0.4) is 0 Å². The predicted octanol–water partition coefficient (Wildman–Crippen LogP) is 3.74. The lowest BCUT2D eigenvalue weighted by molar-refractivity contribution is -0.121. The zero-order valence-electron chi connectivity index (χ0n) is 15.0. The van der Waals surface area contributed by atoms with Gasteiger partial charge < -0.3 is 10.6 Å². The maximum atomic E-state index is 12.2. The molecule has 0 aliphatic heterocycles. The van der Waals surface area contributed by atoms with Crippen molar-refractivity contribution in [1.29, 1.82) is 0 Å². The minimum atomic E-state index is -0.121. The van der Waals surface area contributed by atoms with Crippen molar-refractivity contribution in [2.24, 2.45) is 0 Å². The van der Waals surface area contributed by atoms with Crippen molar-refractivity contribution >= 4 is 28.3 Å². The van der Waals surface area contributed by atoms with Crippen molar-refractivity contribution in [2.75, 3.05) is 5.32 Å². The van der Waals surface area contributed by atoms with Crippen LogP contribution < -0.4 is 10.6 Å². The molecule has 0 fully saturated rings. The van der Waals surface area contributed by atoms with Crippen LogP contribution in [0, 0.1) is 0 Å². The third-order valence-corrected chi connectivity index (χ3v) is 4.83. The number of amides is 2. The summed E-state index contributed by atoms with van der Waals surface area (Å²) < 4.78 is 0. The summed E-state index contributed by atoms with van der Waals surface area (Å²) in [7, 11) is 0. The summed E-state index contributed by atoms with van der Waals surface area (Å²) in [6.07, 6.45) is 0.479. The summed E-state index contributed by atoms with van der Waals surface area (Å²) in [6.45, 7) is 1.95. The topological polar surface area (TPSA) is 71.1 Å². The lowest BCUT2D eigenvalue weighted by atomic mass is 10.1. The van der Waals surface area contributed by atoms with Crippen LogP contribution in [0.4, 0.5) is 5.13 Å². The third kappa shape index (κ3) is 5.76. The molecule has 0 bridgehead atoms. The fraction of sp³-hybridized carbons (Fsp3) is 0.190. The summed E-state index contributed by atoms with van der Waals surface area (Å²) in [5, 5.41) is 8.06. The van der Waals surface area contributed by atoms with Gasteiger partial charge in [-0.15, -0.1) is 11.3 Å². The molecule has 3 rings (SSSR count). The van der Waals surface area contributed by atoms with Gasteiger partial charge in [-0.25, -0.2) is 4.98 Å². The van der Waals surface area contributed by atoms with Crippen molar-refractivity contribution < 1.29 is 9.59 Å². The largest absolute Gasteiger partial charge is 0.349 e. The van der Waals surface area contributed by atoms with E-state index in [0.29, 0.717) is 17.2 Å². The van der Waals surface area contributed by atoms with E-state index in [-0.39, 0.29) is 24.3 Å². The third-order valence-electron chi connectivity index (χ3n) is 4.02. The maximum absolute atomic E-state index is 12.2. The van der Waals surface area contributed by atoms with E-state index >= 15 is 0 Å². The smallest absolute Gasteiger partial charge is 0.230 e. The van der Waals surface area contributed by atoms with Crippen molar-refractivity contribution in [3.63, 3.8) is 0 Å². The first-order chi connectivity index (χ1) is 13.1. The molecule has 138 valence electrons. The fourth-order valence-electron chi connectivity index (χ4n) is 2.67. The summed E-state index contributed by atoms with van der Waals surface area (Å²) in [6, 6.07) is 19.3. The van der Waals surface area contributed by atoms with Crippen LogP contribution in [0.25, 0.3) is 0 Å². The van der Waals surface area contributed by atoms with Crippen molar-refractivity contribution in [2.45, 2.75) is 25.8 Å². The Bertz CT molecular complexity index is 894. The van der Waals surface area contributed by atoms with Crippen molar-refractivity contribution in [3.05, 3.63) is 82.9 Å². The Morgan fingerprint density at radius 3 is 2.33 bits per heavy atom. The molecule has 5 nitrogen and oxygen atoms in total. The SMILES string of the molecule is CC(NC(=O)Cc1csc(NC(=O)Cc2ccccc2)n1)c1ccccc1. The second kappa shape index (κ2) is 9.09. The van der Waals surface area contributed by atoms with Gasteiger partial charge in [0.05, 0.1) is 24.6 Å². The molecule has 2 aromatic carbocycles. The number of carbonyl (C=O) groups excluding carboxylic acids is 2. The molecule has 2 N–H and O–H groups in total. The number of thiazole rings is 1. The Hall–Kier alpha value is -2.99. The molecular formula is C21H21N3O2S. The van der Waals surface area contributed by atoms with E-state index in [0.717, 1.165) is 11.1 Å². The molecule has 27 heavy (non-hydrogen) atoms. The Labute approximate surface area is 162 Å². The molecule has 0 aliphatic rings. The molecule has 0 saturated carbocycles. The number of hydrogen-bond acceptors (Lipinski definition) is 4. The highest BCUT2D eigenvalue weighted by molar-refractivity contribution is 7.13. The molecule has 1 heterocycles. The van der Waals surface area contributed by atoms with Crippen LogP contribution in [-0.4, -0.2) is 16.8 Å². The minimum absolute atomic E-state index is 0.0672. The van der Waals surface area contributed by atoms with Gasteiger partial charge in [-0.2, -0.15) is 0 Å². The average molecular weight is 379 g/mol. The van der Waals surface area contributed by atoms with Gasteiger partial charge in [0.2, 0.25) is 11.8 Å². The Kier molecular flexibility index (Phi) is 6.33. The van der Waals surface area contributed by atoms with Crippen LogP contribution in [-0.2, 0) is 22.4 Å². The van der Waals surface area contributed by atoms with Gasteiger partial charge in [-0.1, -0.05) is 60.7 Å². The fourth-order valence-corrected chi connectivity index (χ4v) is 3.40. The number of nitrogens with zero attached hydrogens (tertiary/aromatic N) is 1. The summed E-state index contributed by atoms with van der Waals surface area (Å²) in [4.78, 5) is 28.7. The number of rotatable bonds is 7. The normalized spacial score (nSPS) is 11.6. The standard InChI is InChI=1S/C21H21N3O2S/c1-15(17-10-6-3-7-11-17)22-20(26)13-18-14-27-21(23-18)24-19(25)12-16-8-4-2-5-9-16/h2-11,14-15H,12-13H2,1H3,(H,22,26)(H,23,24,25). The van der Waals surface area contributed by atoms with E-state index in [2.05, 4.69) is 15.6 Å². The number of anilines is 1. The van der Waals surface area contributed by atoms with E-state index in [1.807, 2.05) is 67.6 Å². The second-order valence-corrected chi connectivity index (χ2v) is 7.09. The van der Waals surface area contributed by atoms with Crippen LogP contribution in [0.2, 0.25) is 0 Å². The van der Waals surface area contributed by atoms with Gasteiger partial charge in [0.1, 0.15) is 0 Å². The summed E-state index contributed by atoms with van der Waals surface area (Å²) in [5.41, 5.74) is 2.65.